The van der Waals surface area contributed by atoms with Gasteiger partial charge >= 0.3 is 0 Å². The van der Waals surface area contributed by atoms with Crippen LogP contribution in [0, 0.1) is 6.92 Å². The van der Waals surface area contributed by atoms with Gasteiger partial charge in [-0.15, -0.1) is 0 Å². The van der Waals surface area contributed by atoms with Crippen LogP contribution in [0.3, 0.4) is 0 Å². The summed E-state index contributed by atoms with van der Waals surface area (Å²) in [6, 6.07) is 23.0. The van der Waals surface area contributed by atoms with Gasteiger partial charge in [0.2, 0.25) is 0 Å². The van der Waals surface area contributed by atoms with Crippen molar-refractivity contribution in [2.24, 2.45) is 0 Å². The first-order chi connectivity index (χ1) is 13.5. The number of H-pyrrole nitrogens is 1. The van der Waals surface area contributed by atoms with Crippen LogP contribution in [0.1, 0.15) is 39.5 Å². The maximum absolute atomic E-state index is 13.1. The summed E-state index contributed by atoms with van der Waals surface area (Å²) in [6.45, 7) is 2.06. The number of benzene rings is 3. The van der Waals surface area contributed by atoms with E-state index < -0.39 is 0 Å². The second-order valence-electron chi connectivity index (χ2n) is 6.95. The van der Waals surface area contributed by atoms with Gasteiger partial charge in [0.05, 0.1) is 0 Å². The molecule has 0 saturated heterocycles. The fraction of sp³-hybridized carbons (Fsp3) is 0.125. The number of ketones is 1. The van der Waals surface area contributed by atoms with Crippen molar-refractivity contribution in [3.05, 3.63) is 105 Å². The molecule has 2 nitrogen and oxygen atoms in total. The standard InChI is InChI=1S/C24H19Cl2NO/c1-15-24(20-4-2-3-5-22(20)27-15)21(16-6-10-18(25)11-7-16)14-23(28)17-8-12-19(26)13-9-17/h2-13,21,27H,14H2,1H3. The summed E-state index contributed by atoms with van der Waals surface area (Å²) < 4.78 is 0. The van der Waals surface area contributed by atoms with Gasteiger partial charge in [0, 0.05) is 44.5 Å². The molecule has 0 bridgehead atoms. The van der Waals surface area contributed by atoms with Crippen LogP contribution >= 0.6 is 23.2 Å². The Morgan fingerprint density at radius 2 is 1.50 bits per heavy atom. The molecule has 1 unspecified atom stereocenters. The van der Waals surface area contributed by atoms with Gasteiger partial charge in [-0.2, -0.15) is 0 Å². The second kappa shape index (κ2) is 7.83. The molecule has 140 valence electrons. The lowest BCUT2D eigenvalue weighted by Crippen LogP contribution is -2.10. The van der Waals surface area contributed by atoms with Crippen molar-refractivity contribution in [3.63, 3.8) is 0 Å². The molecular formula is C24H19Cl2NO. The van der Waals surface area contributed by atoms with E-state index in [-0.39, 0.29) is 11.7 Å². The number of Topliss-reactive ketones (excluding diaryl/α,β-unsaturated/α-hetero) is 1. The number of aromatic amines is 1. The van der Waals surface area contributed by atoms with Crippen molar-refractivity contribution in [3.8, 4) is 0 Å². The van der Waals surface area contributed by atoms with Crippen molar-refractivity contribution in [1.29, 1.82) is 0 Å². The highest BCUT2D eigenvalue weighted by atomic mass is 35.5. The summed E-state index contributed by atoms with van der Waals surface area (Å²) in [4.78, 5) is 16.5. The van der Waals surface area contributed by atoms with Gasteiger partial charge in [0.1, 0.15) is 0 Å². The molecule has 0 amide bonds. The van der Waals surface area contributed by atoms with Gasteiger partial charge in [0.25, 0.3) is 0 Å². The Morgan fingerprint density at radius 1 is 0.893 bits per heavy atom. The van der Waals surface area contributed by atoms with Crippen LogP contribution in [0.25, 0.3) is 10.9 Å². The Balaban J connectivity index is 1.80. The normalized spacial score (nSPS) is 12.2. The minimum Gasteiger partial charge on any atom is -0.358 e. The molecule has 1 atom stereocenters. The topological polar surface area (TPSA) is 32.9 Å². The van der Waals surface area contributed by atoms with Crippen molar-refractivity contribution < 1.29 is 4.79 Å². The monoisotopic (exact) mass is 407 g/mol. The molecule has 4 heteroatoms. The number of aromatic nitrogens is 1. The lowest BCUT2D eigenvalue weighted by atomic mass is 9.84. The zero-order valence-electron chi connectivity index (χ0n) is 15.4. The molecule has 28 heavy (non-hydrogen) atoms. The van der Waals surface area contributed by atoms with E-state index in [2.05, 4.69) is 24.0 Å². The molecule has 0 spiro atoms. The molecule has 0 aliphatic heterocycles. The average Bonchev–Trinajstić information content (AvgIpc) is 3.03. The third kappa shape index (κ3) is 3.71. The van der Waals surface area contributed by atoms with Gasteiger partial charge in [-0.25, -0.2) is 0 Å². The quantitative estimate of drug-likeness (QED) is 0.348. The van der Waals surface area contributed by atoms with E-state index in [1.54, 1.807) is 24.3 Å². The van der Waals surface area contributed by atoms with E-state index in [1.807, 2.05) is 36.4 Å². The van der Waals surface area contributed by atoms with E-state index in [1.165, 1.54) is 0 Å². The van der Waals surface area contributed by atoms with Gasteiger partial charge in [0.15, 0.2) is 5.78 Å². The van der Waals surface area contributed by atoms with Crippen LogP contribution in [-0.2, 0) is 0 Å². The van der Waals surface area contributed by atoms with Crippen LogP contribution in [0.5, 0.6) is 0 Å². The summed E-state index contributed by atoms with van der Waals surface area (Å²) in [6.07, 6.45) is 0.367. The van der Waals surface area contributed by atoms with Crippen LogP contribution < -0.4 is 0 Å². The molecule has 1 aromatic heterocycles. The maximum Gasteiger partial charge on any atom is 0.163 e. The number of rotatable bonds is 5. The number of hydrogen-bond donors (Lipinski definition) is 1. The minimum absolute atomic E-state index is 0.0726. The average molecular weight is 408 g/mol. The number of halogens is 2. The summed E-state index contributed by atoms with van der Waals surface area (Å²) >= 11 is 12.1. The van der Waals surface area contributed by atoms with Crippen LogP contribution in [0.2, 0.25) is 10.0 Å². The summed E-state index contributed by atoms with van der Waals surface area (Å²) in [5.41, 5.74) is 5.04. The number of carbonyl (C=O) groups is 1. The minimum atomic E-state index is -0.0726. The predicted octanol–water partition coefficient (Wildman–Crippen LogP) is 7.19. The smallest absolute Gasteiger partial charge is 0.163 e. The Morgan fingerprint density at radius 3 is 2.18 bits per heavy atom. The summed E-state index contributed by atoms with van der Waals surface area (Å²) in [5.74, 6) is 0.0119. The zero-order valence-corrected chi connectivity index (χ0v) is 16.9. The molecule has 1 heterocycles. The Kier molecular flexibility index (Phi) is 5.25. The molecule has 0 fully saturated rings. The Bertz CT molecular complexity index is 1130. The highest BCUT2D eigenvalue weighted by Gasteiger charge is 2.24. The number of carbonyl (C=O) groups excluding carboxylic acids is 1. The van der Waals surface area contributed by atoms with Gasteiger partial charge < -0.3 is 4.98 Å². The van der Waals surface area contributed by atoms with E-state index in [0.29, 0.717) is 22.0 Å². The van der Waals surface area contributed by atoms with E-state index in [9.17, 15) is 4.79 Å². The number of aryl methyl sites for hydroxylation is 1. The number of hydrogen-bond acceptors (Lipinski definition) is 1. The number of nitrogens with one attached hydrogen (secondary N) is 1. The molecule has 1 N–H and O–H groups in total. The molecule has 0 aliphatic rings. The molecule has 0 aliphatic carbocycles. The molecule has 3 aromatic carbocycles. The first-order valence-electron chi connectivity index (χ1n) is 9.14. The van der Waals surface area contributed by atoms with Crippen LogP contribution in [0.4, 0.5) is 0 Å². The van der Waals surface area contributed by atoms with Crippen molar-refractivity contribution in [1.82, 2.24) is 4.98 Å². The summed E-state index contributed by atoms with van der Waals surface area (Å²) in [5, 5.41) is 2.45. The third-order valence-corrected chi connectivity index (χ3v) is 5.62. The van der Waals surface area contributed by atoms with E-state index in [4.69, 9.17) is 23.2 Å². The third-order valence-electron chi connectivity index (χ3n) is 5.12. The van der Waals surface area contributed by atoms with Crippen LogP contribution in [-0.4, -0.2) is 10.8 Å². The Hall–Kier alpha value is -2.55. The highest BCUT2D eigenvalue weighted by molar-refractivity contribution is 6.30. The molecular weight excluding hydrogens is 389 g/mol. The van der Waals surface area contributed by atoms with Crippen molar-refractivity contribution in [2.45, 2.75) is 19.3 Å². The van der Waals surface area contributed by atoms with Gasteiger partial charge in [-0.3, -0.25) is 4.79 Å². The van der Waals surface area contributed by atoms with E-state index in [0.717, 1.165) is 27.7 Å². The lowest BCUT2D eigenvalue weighted by Gasteiger charge is -2.18. The second-order valence-corrected chi connectivity index (χ2v) is 7.82. The molecule has 0 radical (unpaired) electrons. The fourth-order valence-electron chi connectivity index (χ4n) is 3.77. The largest absolute Gasteiger partial charge is 0.358 e. The molecule has 0 saturated carbocycles. The van der Waals surface area contributed by atoms with Crippen molar-refractivity contribution in [2.75, 3.05) is 0 Å². The zero-order chi connectivity index (χ0) is 19.7. The van der Waals surface area contributed by atoms with Gasteiger partial charge in [-0.05, 0) is 60.5 Å². The molecule has 4 rings (SSSR count). The number of fused-ring (bicyclic) bond motifs is 1. The molecule has 4 aromatic rings. The highest BCUT2D eigenvalue weighted by Crippen LogP contribution is 2.37. The van der Waals surface area contributed by atoms with Gasteiger partial charge in [-0.1, -0.05) is 53.5 Å². The summed E-state index contributed by atoms with van der Waals surface area (Å²) in [7, 11) is 0. The first-order valence-corrected chi connectivity index (χ1v) is 9.90. The van der Waals surface area contributed by atoms with Crippen molar-refractivity contribution >= 4 is 39.9 Å². The Labute approximate surface area is 174 Å². The number of para-hydroxylation sites is 1. The fourth-order valence-corrected chi connectivity index (χ4v) is 4.02. The first kappa shape index (κ1) is 18.8. The SMILES string of the molecule is Cc1[nH]c2ccccc2c1C(CC(=O)c1ccc(Cl)cc1)c1ccc(Cl)cc1. The predicted molar refractivity (Wildman–Crippen MR) is 117 cm³/mol. The lowest BCUT2D eigenvalue weighted by molar-refractivity contribution is 0.0978. The maximum atomic E-state index is 13.1. The van der Waals surface area contributed by atoms with Crippen LogP contribution in [0.15, 0.2) is 72.8 Å². The van der Waals surface area contributed by atoms with E-state index >= 15 is 0 Å².